The number of anilines is 1. The van der Waals surface area contributed by atoms with Crippen LogP contribution in [0.1, 0.15) is 25.3 Å². The summed E-state index contributed by atoms with van der Waals surface area (Å²) in [6.45, 7) is 2.48. The van der Waals surface area contributed by atoms with Gasteiger partial charge in [-0.15, -0.1) is 11.6 Å². The summed E-state index contributed by atoms with van der Waals surface area (Å²) < 4.78 is 10.0. The van der Waals surface area contributed by atoms with Crippen LogP contribution < -0.4 is 10.1 Å². The molecule has 5 heteroatoms. The lowest BCUT2D eigenvalue weighted by Gasteiger charge is -2.09. The number of unbranched alkanes of at least 4 members (excludes halogenated alkanes) is 1. The molecule has 0 aromatic heterocycles. The zero-order valence-electron chi connectivity index (χ0n) is 11.7. The molecule has 0 saturated heterocycles. The summed E-state index contributed by atoms with van der Waals surface area (Å²) in [5.41, 5.74) is 1.29. The molecule has 0 unspecified atom stereocenters. The van der Waals surface area contributed by atoms with Crippen LogP contribution in [0.25, 0.3) is 0 Å². The number of amides is 1. The van der Waals surface area contributed by atoms with Crippen molar-refractivity contribution in [1.29, 1.82) is 0 Å². The van der Waals surface area contributed by atoms with Gasteiger partial charge in [-0.2, -0.15) is 0 Å². The average Bonchev–Trinajstić information content (AvgIpc) is 2.46. The molecular formula is C15H18ClNO3. The van der Waals surface area contributed by atoms with E-state index in [1.54, 1.807) is 18.2 Å². The van der Waals surface area contributed by atoms with Gasteiger partial charge in [0.2, 0.25) is 0 Å². The Balaban J connectivity index is 2.95. The minimum absolute atomic E-state index is 0.530. The van der Waals surface area contributed by atoms with Crippen molar-refractivity contribution in [2.45, 2.75) is 19.8 Å². The van der Waals surface area contributed by atoms with Crippen LogP contribution in [-0.4, -0.2) is 25.7 Å². The molecule has 0 aliphatic rings. The highest BCUT2D eigenvalue weighted by molar-refractivity contribution is 6.17. The molecule has 0 atom stereocenters. The Kier molecular flexibility index (Phi) is 7.38. The van der Waals surface area contributed by atoms with Crippen molar-refractivity contribution >= 4 is 23.4 Å². The molecular weight excluding hydrogens is 278 g/mol. The molecule has 20 heavy (non-hydrogen) atoms. The van der Waals surface area contributed by atoms with Crippen LogP contribution in [0.2, 0.25) is 0 Å². The standard InChI is InChI=1S/C15H18ClNO3/c1-3-20-13-8-9-14(17-15(18)19-2)12(11-13)7-5-4-6-10-16/h8-9,11H,3-4,6,10H2,1-2H3,(H,17,18). The molecule has 0 aliphatic carbocycles. The highest BCUT2D eigenvalue weighted by Crippen LogP contribution is 2.22. The minimum atomic E-state index is -0.530. The lowest BCUT2D eigenvalue weighted by Crippen LogP contribution is -2.12. The molecule has 0 heterocycles. The van der Waals surface area contributed by atoms with Gasteiger partial charge in [-0.25, -0.2) is 4.79 Å². The van der Waals surface area contributed by atoms with Crippen LogP contribution in [0.15, 0.2) is 18.2 Å². The van der Waals surface area contributed by atoms with Crippen LogP contribution in [0.3, 0.4) is 0 Å². The summed E-state index contributed by atoms with van der Waals surface area (Å²) in [5.74, 6) is 7.34. The van der Waals surface area contributed by atoms with E-state index in [9.17, 15) is 4.79 Å². The first-order valence-corrected chi connectivity index (χ1v) is 6.91. The Morgan fingerprint density at radius 1 is 1.45 bits per heavy atom. The van der Waals surface area contributed by atoms with Crippen molar-refractivity contribution in [2.24, 2.45) is 0 Å². The summed E-state index contributed by atoms with van der Waals surface area (Å²) in [6.07, 6.45) is 1.01. The van der Waals surface area contributed by atoms with Gasteiger partial charge in [-0.3, -0.25) is 5.32 Å². The Bertz CT molecular complexity index is 506. The van der Waals surface area contributed by atoms with Crippen molar-refractivity contribution in [3.8, 4) is 17.6 Å². The molecule has 0 aliphatic heterocycles. The van der Waals surface area contributed by atoms with Gasteiger partial charge in [-0.05, 0) is 31.5 Å². The summed E-state index contributed by atoms with van der Waals surface area (Å²) in [7, 11) is 1.32. The van der Waals surface area contributed by atoms with E-state index in [-0.39, 0.29) is 0 Å². The molecule has 1 aromatic carbocycles. The smallest absolute Gasteiger partial charge is 0.411 e. The van der Waals surface area contributed by atoms with Crippen LogP contribution in [-0.2, 0) is 4.74 Å². The number of rotatable bonds is 5. The number of alkyl halides is 1. The molecule has 0 radical (unpaired) electrons. The lowest BCUT2D eigenvalue weighted by atomic mass is 10.1. The fraction of sp³-hybridized carbons (Fsp3) is 0.400. The number of methoxy groups -OCH3 is 1. The molecule has 0 saturated carbocycles. The third-order valence-corrected chi connectivity index (χ3v) is 2.65. The number of carbonyl (C=O) groups is 1. The number of hydrogen-bond donors (Lipinski definition) is 1. The maximum Gasteiger partial charge on any atom is 0.411 e. The first kappa shape index (κ1) is 16.2. The zero-order valence-corrected chi connectivity index (χ0v) is 12.4. The SMILES string of the molecule is CCOc1ccc(NC(=O)OC)c(C#CCCCCl)c1. The maximum absolute atomic E-state index is 11.3. The minimum Gasteiger partial charge on any atom is -0.494 e. The Hall–Kier alpha value is -1.86. The average molecular weight is 296 g/mol. The summed E-state index contributed by atoms with van der Waals surface area (Å²) in [5, 5.41) is 2.63. The van der Waals surface area contributed by atoms with E-state index in [2.05, 4.69) is 21.9 Å². The van der Waals surface area contributed by atoms with E-state index >= 15 is 0 Å². The lowest BCUT2D eigenvalue weighted by molar-refractivity contribution is 0.187. The van der Waals surface area contributed by atoms with Crippen molar-refractivity contribution in [3.05, 3.63) is 23.8 Å². The molecule has 1 aromatic rings. The quantitative estimate of drug-likeness (QED) is 0.512. The Morgan fingerprint density at radius 3 is 2.90 bits per heavy atom. The molecule has 0 fully saturated rings. The Morgan fingerprint density at radius 2 is 2.25 bits per heavy atom. The van der Waals surface area contributed by atoms with Crippen molar-refractivity contribution in [2.75, 3.05) is 24.9 Å². The number of nitrogens with one attached hydrogen (secondary N) is 1. The first-order valence-electron chi connectivity index (χ1n) is 6.38. The number of ether oxygens (including phenoxy) is 2. The van der Waals surface area contributed by atoms with Crippen molar-refractivity contribution in [1.82, 2.24) is 0 Å². The second kappa shape index (κ2) is 9.11. The number of benzene rings is 1. The van der Waals surface area contributed by atoms with Gasteiger partial charge in [0, 0.05) is 12.3 Å². The normalized spacial score (nSPS) is 9.35. The highest BCUT2D eigenvalue weighted by Gasteiger charge is 2.06. The van der Waals surface area contributed by atoms with Crippen LogP contribution in [0.4, 0.5) is 10.5 Å². The molecule has 1 rings (SSSR count). The fourth-order valence-electron chi connectivity index (χ4n) is 1.47. The predicted octanol–water partition coefficient (Wildman–Crippen LogP) is 3.63. The van der Waals surface area contributed by atoms with Crippen LogP contribution in [0.5, 0.6) is 5.75 Å². The predicted molar refractivity (Wildman–Crippen MR) is 80.5 cm³/mol. The molecule has 0 spiro atoms. The van der Waals surface area contributed by atoms with Gasteiger partial charge in [0.1, 0.15) is 5.75 Å². The van der Waals surface area contributed by atoms with Crippen LogP contribution in [0, 0.1) is 11.8 Å². The van der Waals surface area contributed by atoms with E-state index in [4.69, 9.17) is 16.3 Å². The van der Waals surface area contributed by atoms with Gasteiger partial charge in [-0.1, -0.05) is 11.8 Å². The molecule has 1 amide bonds. The maximum atomic E-state index is 11.3. The summed E-state index contributed by atoms with van der Waals surface area (Å²) in [4.78, 5) is 11.3. The van der Waals surface area contributed by atoms with Gasteiger partial charge in [0.05, 0.1) is 25.0 Å². The summed E-state index contributed by atoms with van der Waals surface area (Å²) in [6, 6.07) is 5.31. The molecule has 108 valence electrons. The van der Waals surface area contributed by atoms with E-state index < -0.39 is 6.09 Å². The van der Waals surface area contributed by atoms with E-state index in [0.717, 1.165) is 6.42 Å². The monoisotopic (exact) mass is 295 g/mol. The van der Waals surface area contributed by atoms with Gasteiger partial charge in [0.15, 0.2) is 0 Å². The number of carbonyl (C=O) groups excluding carboxylic acids is 1. The van der Waals surface area contributed by atoms with Gasteiger partial charge < -0.3 is 9.47 Å². The molecule has 4 nitrogen and oxygen atoms in total. The zero-order chi connectivity index (χ0) is 14.8. The van der Waals surface area contributed by atoms with E-state index in [0.29, 0.717) is 35.9 Å². The third kappa shape index (κ3) is 5.41. The van der Waals surface area contributed by atoms with Gasteiger partial charge >= 0.3 is 6.09 Å². The van der Waals surface area contributed by atoms with Gasteiger partial charge in [0.25, 0.3) is 0 Å². The van der Waals surface area contributed by atoms with Crippen molar-refractivity contribution < 1.29 is 14.3 Å². The number of hydrogen-bond acceptors (Lipinski definition) is 3. The Labute approximate surface area is 124 Å². The van der Waals surface area contributed by atoms with Crippen LogP contribution >= 0.6 is 11.6 Å². The second-order valence-electron chi connectivity index (χ2n) is 3.85. The summed E-state index contributed by atoms with van der Waals surface area (Å²) >= 11 is 5.61. The van der Waals surface area contributed by atoms with E-state index in [1.165, 1.54) is 7.11 Å². The topological polar surface area (TPSA) is 47.6 Å². The largest absolute Gasteiger partial charge is 0.494 e. The third-order valence-electron chi connectivity index (χ3n) is 2.38. The van der Waals surface area contributed by atoms with Crippen molar-refractivity contribution in [3.63, 3.8) is 0 Å². The highest BCUT2D eigenvalue weighted by atomic mass is 35.5. The fourth-order valence-corrected chi connectivity index (χ4v) is 1.60. The number of halogens is 1. The second-order valence-corrected chi connectivity index (χ2v) is 4.23. The molecule has 1 N–H and O–H groups in total. The molecule has 0 bridgehead atoms. The first-order chi connectivity index (χ1) is 9.71. The van der Waals surface area contributed by atoms with E-state index in [1.807, 2.05) is 6.92 Å².